The number of nitrogens with one attached hydrogen (secondary N) is 1. The molecular formula is C24H34N6. The van der Waals surface area contributed by atoms with Gasteiger partial charge in [-0.3, -0.25) is 9.38 Å². The third kappa shape index (κ3) is 4.99. The first-order chi connectivity index (χ1) is 14.7. The van der Waals surface area contributed by atoms with E-state index in [-0.39, 0.29) is 0 Å². The van der Waals surface area contributed by atoms with E-state index in [0.29, 0.717) is 0 Å². The van der Waals surface area contributed by atoms with Crippen LogP contribution < -0.4 is 10.2 Å². The number of aromatic nitrogens is 3. The molecule has 0 radical (unpaired) electrons. The number of pyridine rings is 2. The fourth-order valence-electron chi connectivity index (χ4n) is 4.21. The van der Waals surface area contributed by atoms with Gasteiger partial charge in [-0.25, -0.2) is 4.98 Å². The first-order valence-corrected chi connectivity index (χ1v) is 11.3. The zero-order valence-corrected chi connectivity index (χ0v) is 18.3. The summed E-state index contributed by atoms with van der Waals surface area (Å²) in [5.41, 5.74) is 4.94. The van der Waals surface area contributed by atoms with Gasteiger partial charge in [-0.05, 0) is 63.0 Å². The molecule has 1 fully saturated rings. The molecule has 0 bridgehead atoms. The van der Waals surface area contributed by atoms with Crippen molar-refractivity contribution in [2.24, 2.45) is 0 Å². The number of fused-ring (bicyclic) bond motifs is 2. The predicted molar refractivity (Wildman–Crippen MR) is 123 cm³/mol. The molecular weight excluding hydrogens is 372 g/mol. The summed E-state index contributed by atoms with van der Waals surface area (Å²) in [6, 6.07) is 10.6. The van der Waals surface area contributed by atoms with Gasteiger partial charge in [-0.15, -0.1) is 0 Å². The predicted octanol–water partition coefficient (Wildman–Crippen LogP) is 3.16. The van der Waals surface area contributed by atoms with Crippen LogP contribution in [0.25, 0.3) is 5.65 Å². The minimum Gasteiger partial charge on any atom is -0.355 e. The maximum absolute atomic E-state index is 4.68. The maximum Gasteiger partial charge on any atom is 0.138 e. The minimum absolute atomic E-state index is 0.834. The molecule has 4 heterocycles. The second kappa shape index (κ2) is 10.0. The highest BCUT2D eigenvalue weighted by Gasteiger charge is 2.17. The molecule has 0 spiro atoms. The average molecular weight is 407 g/mol. The maximum atomic E-state index is 4.68. The Kier molecular flexibility index (Phi) is 6.97. The van der Waals surface area contributed by atoms with Gasteiger partial charge in [0.25, 0.3) is 0 Å². The van der Waals surface area contributed by atoms with Crippen LogP contribution in [0, 0.1) is 0 Å². The molecule has 3 aromatic heterocycles. The molecule has 0 aromatic carbocycles. The topological polar surface area (TPSA) is 48.7 Å². The molecule has 1 aliphatic carbocycles. The second-order valence-electron chi connectivity index (χ2n) is 8.23. The third-order valence-corrected chi connectivity index (χ3v) is 6.00. The Balaban J connectivity index is 0.000000181. The van der Waals surface area contributed by atoms with Crippen molar-refractivity contribution >= 4 is 11.5 Å². The van der Waals surface area contributed by atoms with E-state index in [1.807, 2.05) is 12.3 Å². The quantitative estimate of drug-likeness (QED) is 0.721. The second-order valence-corrected chi connectivity index (χ2v) is 8.23. The smallest absolute Gasteiger partial charge is 0.138 e. The summed E-state index contributed by atoms with van der Waals surface area (Å²) in [7, 11) is 2.18. The van der Waals surface area contributed by atoms with Crippen molar-refractivity contribution in [3.63, 3.8) is 0 Å². The zero-order valence-electron chi connectivity index (χ0n) is 18.3. The van der Waals surface area contributed by atoms with Crippen molar-refractivity contribution < 1.29 is 0 Å². The van der Waals surface area contributed by atoms with E-state index in [0.717, 1.165) is 50.6 Å². The van der Waals surface area contributed by atoms with Crippen LogP contribution in [0.15, 0.2) is 42.7 Å². The molecule has 1 N–H and O–H groups in total. The highest BCUT2D eigenvalue weighted by molar-refractivity contribution is 5.52. The molecule has 1 aliphatic heterocycles. The lowest BCUT2D eigenvalue weighted by Gasteiger charge is -2.34. The van der Waals surface area contributed by atoms with Crippen molar-refractivity contribution in [1.82, 2.24) is 24.6 Å². The molecule has 5 rings (SSSR count). The first-order valence-electron chi connectivity index (χ1n) is 11.3. The van der Waals surface area contributed by atoms with Crippen LogP contribution in [0.5, 0.6) is 0 Å². The zero-order chi connectivity index (χ0) is 20.8. The van der Waals surface area contributed by atoms with Gasteiger partial charge in [0.15, 0.2) is 0 Å². The van der Waals surface area contributed by atoms with Gasteiger partial charge in [-0.1, -0.05) is 19.1 Å². The highest BCUT2D eigenvalue weighted by atomic mass is 15.3. The van der Waals surface area contributed by atoms with Crippen LogP contribution in [0.2, 0.25) is 0 Å². The van der Waals surface area contributed by atoms with Crippen molar-refractivity contribution in [3.8, 4) is 0 Å². The monoisotopic (exact) mass is 406 g/mol. The van der Waals surface area contributed by atoms with E-state index in [4.69, 9.17) is 0 Å². The van der Waals surface area contributed by atoms with Gasteiger partial charge < -0.3 is 15.1 Å². The summed E-state index contributed by atoms with van der Waals surface area (Å²) in [5, 5.41) is 3.33. The Labute approximate surface area is 179 Å². The Morgan fingerprint density at radius 1 is 1.00 bits per heavy atom. The SMILES string of the molecule is CCNCc1cn2c(N3CCN(C)CC3)cccc2n1.c1cnc2c(c1)CCCC2. The minimum atomic E-state index is 0.834. The fourth-order valence-corrected chi connectivity index (χ4v) is 4.21. The van der Waals surface area contributed by atoms with Gasteiger partial charge in [0.2, 0.25) is 0 Å². The van der Waals surface area contributed by atoms with Crippen molar-refractivity contribution in [2.75, 3.05) is 44.7 Å². The number of rotatable bonds is 4. The molecule has 1 saturated heterocycles. The highest BCUT2D eigenvalue weighted by Crippen LogP contribution is 2.19. The molecule has 2 aliphatic rings. The molecule has 0 saturated carbocycles. The molecule has 160 valence electrons. The lowest BCUT2D eigenvalue weighted by molar-refractivity contribution is 0.312. The largest absolute Gasteiger partial charge is 0.355 e. The lowest BCUT2D eigenvalue weighted by Crippen LogP contribution is -2.45. The van der Waals surface area contributed by atoms with Gasteiger partial charge in [0, 0.05) is 50.8 Å². The summed E-state index contributed by atoms with van der Waals surface area (Å²) in [6.45, 7) is 8.32. The van der Waals surface area contributed by atoms with Crippen LogP contribution in [0.4, 0.5) is 5.82 Å². The molecule has 0 atom stereocenters. The van der Waals surface area contributed by atoms with E-state index < -0.39 is 0 Å². The van der Waals surface area contributed by atoms with Crippen molar-refractivity contribution in [1.29, 1.82) is 0 Å². The number of hydrogen-bond donors (Lipinski definition) is 1. The van der Waals surface area contributed by atoms with Gasteiger partial charge in [0.1, 0.15) is 11.5 Å². The molecule has 6 heteroatoms. The number of nitrogens with zero attached hydrogens (tertiary/aromatic N) is 5. The normalized spacial score (nSPS) is 16.8. The van der Waals surface area contributed by atoms with Crippen LogP contribution >= 0.6 is 0 Å². The lowest BCUT2D eigenvalue weighted by atomic mass is 9.96. The van der Waals surface area contributed by atoms with Gasteiger partial charge >= 0.3 is 0 Å². The Morgan fingerprint density at radius 2 is 1.83 bits per heavy atom. The number of likely N-dealkylation sites (N-methyl/N-ethyl adjacent to an activating group) is 1. The number of anilines is 1. The Hall–Kier alpha value is -2.44. The van der Waals surface area contributed by atoms with Crippen LogP contribution in [0.3, 0.4) is 0 Å². The summed E-state index contributed by atoms with van der Waals surface area (Å²) >= 11 is 0. The average Bonchev–Trinajstić information content (AvgIpc) is 3.22. The molecule has 3 aromatic rings. The molecule has 6 nitrogen and oxygen atoms in total. The number of imidazole rings is 1. The first kappa shape index (κ1) is 20.8. The van der Waals surface area contributed by atoms with E-state index in [1.54, 1.807) is 0 Å². The van der Waals surface area contributed by atoms with E-state index in [2.05, 4.69) is 73.9 Å². The standard InChI is InChI=1S/C15H23N5.C9H11N/c1-3-16-11-13-12-20-14(17-13)5-4-6-15(20)19-9-7-18(2)8-10-19;1-2-6-9-8(4-1)5-3-7-10-9/h4-6,12,16H,3,7-11H2,1-2H3;3,5,7H,1-2,4,6H2. The number of piperazine rings is 1. The third-order valence-electron chi connectivity index (χ3n) is 6.00. The Bertz CT molecular complexity index is 917. The van der Waals surface area contributed by atoms with Crippen molar-refractivity contribution in [3.05, 3.63) is 59.7 Å². The van der Waals surface area contributed by atoms with Crippen LogP contribution in [0.1, 0.15) is 36.7 Å². The van der Waals surface area contributed by atoms with Gasteiger partial charge in [0.05, 0.1) is 5.69 Å². The van der Waals surface area contributed by atoms with Crippen LogP contribution in [-0.4, -0.2) is 59.0 Å². The number of hydrogen-bond acceptors (Lipinski definition) is 5. The fraction of sp³-hybridized carbons (Fsp3) is 0.500. The summed E-state index contributed by atoms with van der Waals surface area (Å²) in [5.74, 6) is 1.26. The van der Waals surface area contributed by atoms with Crippen molar-refractivity contribution in [2.45, 2.75) is 39.2 Å². The summed E-state index contributed by atoms with van der Waals surface area (Å²) in [6.07, 6.45) is 9.15. The van der Waals surface area contributed by atoms with E-state index in [1.165, 1.54) is 42.8 Å². The molecule has 0 amide bonds. The van der Waals surface area contributed by atoms with Gasteiger partial charge in [-0.2, -0.15) is 0 Å². The van der Waals surface area contributed by atoms with E-state index >= 15 is 0 Å². The van der Waals surface area contributed by atoms with Crippen LogP contribution in [-0.2, 0) is 19.4 Å². The van der Waals surface area contributed by atoms with E-state index in [9.17, 15) is 0 Å². The number of aryl methyl sites for hydroxylation is 2. The summed E-state index contributed by atoms with van der Waals surface area (Å²) in [4.78, 5) is 13.8. The Morgan fingerprint density at radius 3 is 2.63 bits per heavy atom. The molecule has 0 unspecified atom stereocenters. The molecule has 30 heavy (non-hydrogen) atoms. The summed E-state index contributed by atoms with van der Waals surface area (Å²) < 4.78 is 2.22.